The number of carbonyl (C=O) groups excluding carboxylic acids is 1. The van der Waals surface area contributed by atoms with Crippen LogP contribution >= 0.6 is 0 Å². The second kappa shape index (κ2) is 6.68. The van der Waals surface area contributed by atoms with E-state index in [2.05, 4.69) is 5.32 Å². The fourth-order valence-corrected chi connectivity index (χ4v) is 1.74. The SMILES string of the molecule is CCNC(=O)C[C@H](CC(=O)O)c1ccccc1. The van der Waals surface area contributed by atoms with Gasteiger partial charge in [-0.3, -0.25) is 9.59 Å². The van der Waals surface area contributed by atoms with E-state index in [0.29, 0.717) is 6.54 Å². The molecule has 0 bridgehead atoms. The molecule has 0 aliphatic carbocycles. The maximum absolute atomic E-state index is 11.5. The van der Waals surface area contributed by atoms with E-state index >= 15 is 0 Å². The van der Waals surface area contributed by atoms with Crippen molar-refractivity contribution >= 4 is 11.9 Å². The first-order valence-electron chi connectivity index (χ1n) is 5.67. The minimum Gasteiger partial charge on any atom is -0.481 e. The summed E-state index contributed by atoms with van der Waals surface area (Å²) in [6, 6.07) is 9.27. The van der Waals surface area contributed by atoms with Gasteiger partial charge in [0.1, 0.15) is 0 Å². The Bertz CT molecular complexity index is 376. The van der Waals surface area contributed by atoms with E-state index in [1.807, 2.05) is 37.3 Å². The average Bonchev–Trinajstić information content (AvgIpc) is 2.29. The standard InChI is InChI=1S/C13H17NO3/c1-2-14-12(15)8-11(9-13(16)17)10-6-4-3-5-7-10/h3-7,11H,2,8-9H2,1H3,(H,14,15)(H,16,17)/t11-/m1/s1. The van der Waals surface area contributed by atoms with Crippen molar-refractivity contribution < 1.29 is 14.7 Å². The van der Waals surface area contributed by atoms with Crippen molar-refractivity contribution in [1.29, 1.82) is 0 Å². The summed E-state index contributed by atoms with van der Waals surface area (Å²) in [6.45, 7) is 2.40. The molecule has 4 nitrogen and oxygen atoms in total. The Kier molecular flexibility index (Phi) is 5.20. The van der Waals surface area contributed by atoms with Crippen molar-refractivity contribution in [3.8, 4) is 0 Å². The topological polar surface area (TPSA) is 66.4 Å². The molecule has 0 aliphatic heterocycles. The third-order valence-corrected chi connectivity index (χ3v) is 2.50. The van der Waals surface area contributed by atoms with Crippen LogP contribution in [0, 0.1) is 0 Å². The number of carboxylic acids is 1. The molecule has 0 unspecified atom stereocenters. The minimum absolute atomic E-state index is 0.0266. The molecule has 0 heterocycles. The van der Waals surface area contributed by atoms with E-state index in [4.69, 9.17) is 5.11 Å². The highest BCUT2D eigenvalue weighted by molar-refractivity contribution is 5.78. The molecule has 0 radical (unpaired) electrons. The van der Waals surface area contributed by atoms with Gasteiger partial charge in [0.25, 0.3) is 0 Å². The van der Waals surface area contributed by atoms with E-state index in [-0.39, 0.29) is 24.7 Å². The summed E-state index contributed by atoms with van der Waals surface area (Å²) < 4.78 is 0. The highest BCUT2D eigenvalue weighted by Gasteiger charge is 2.18. The van der Waals surface area contributed by atoms with E-state index in [9.17, 15) is 9.59 Å². The molecule has 92 valence electrons. The zero-order valence-electron chi connectivity index (χ0n) is 9.85. The first kappa shape index (κ1) is 13.2. The summed E-state index contributed by atoms with van der Waals surface area (Å²) in [4.78, 5) is 22.3. The van der Waals surface area contributed by atoms with Gasteiger partial charge in [0.15, 0.2) is 0 Å². The lowest BCUT2D eigenvalue weighted by atomic mass is 9.92. The van der Waals surface area contributed by atoms with Crippen LogP contribution in [0.3, 0.4) is 0 Å². The lowest BCUT2D eigenvalue weighted by molar-refractivity contribution is -0.137. The van der Waals surface area contributed by atoms with Crippen molar-refractivity contribution in [3.63, 3.8) is 0 Å². The minimum atomic E-state index is -0.886. The quantitative estimate of drug-likeness (QED) is 0.789. The van der Waals surface area contributed by atoms with Gasteiger partial charge >= 0.3 is 5.97 Å². The number of benzene rings is 1. The first-order valence-corrected chi connectivity index (χ1v) is 5.67. The number of nitrogens with one attached hydrogen (secondary N) is 1. The molecule has 1 rings (SSSR count). The van der Waals surface area contributed by atoms with Crippen molar-refractivity contribution in [2.75, 3.05) is 6.54 Å². The number of hydrogen-bond donors (Lipinski definition) is 2. The summed E-state index contributed by atoms with van der Waals surface area (Å²) >= 11 is 0. The zero-order chi connectivity index (χ0) is 12.7. The Balaban J connectivity index is 2.74. The molecule has 1 aromatic rings. The van der Waals surface area contributed by atoms with Crippen LogP contribution in [-0.4, -0.2) is 23.5 Å². The van der Waals surface area contributed by atoms with Gasteiger partial charge in [-0.25, -0.2) is 0 Å². The van der Waals surface area contributed by atoms with Gasteiger partial charge in [-0.2, -0.15) is 0 Å². The maximum atomic E-state index is 11.5. The summed E-state index contributed by atoms with van der Waals surface area (Å²) in [5.41, 5.74) is 0.890. The Labute approximate surface area is 101 Å². The van der Waals surface area contributed by atoms with Crippen molar-refractivity contribution in [1.82, 2.24) is 5.32 Å². The molecule has 0 aromatic heterocycles. The van der Waals surface area contributed by atoms with Gasteiger partial charge in [0.05, 0.1) is 6.42 Å². The highest BCUT2D eigenvalue weighted by Crippen LogP contribution is 2.23. The molecule has 1 aromatic carbocycles. The molecule has 17 heavy (non-hydrogen) atoms. The normalized spacial score (nSPS) is 11.8. The summed E-state index contributed by atoms with van der Waals surface area (Å²) in [7, 11) is 0. The fraction of sp³-hybridized carbons (Fsp3) is 0.385. The second-order valence-corrected chi connectivity index (χ2v) is 3.86. The third kappa shape index (κ3) is 4.68. The Morgan fingerprint density at radius 2 is 1.88 bits per heavy atom. The van der Waals surface area contributed by atoms with Crippen LogP contribution in [-0.2, 0) is 9.59 Å². The zero-order valence-corrected chi connectivity index (χ0v) is 9.85. The molecule has 4 heteroatoms. The molecule has 0 saturated heterocycles. The van der Waals surface area contributed by atoms with Crippen molar-refractivity contribution in [3.05, 3.63) is 35.9 Å². The summed E-state index contributed by atoms with van der Waals surface area (Å²) in [5.74, 6) is -1.26. The smallest absolute Gasteiger partial charge is 0.303 e. The molecule has 0 saturated carbocycles. The van der Waals surface area contributed by atoms with Crippen molar-refractivity contribution in [2.24, 2.45) is 0 Å². The number of aliphatic carboxylic acids is 1. The molecule has 1 amide bonds. The fourth-order valence-electron chi connectivity index (χ4n) is 1.74. The number of carboxylic acid groups (broad SMARTS) is 1. The number of rotatable bonds is 6. The number of hydrogen-bond acceptors (Lipinski definition) is 2. The molecule has 0 fully saturated rings. The van der Waals surface area contributed by atoms with Gasteiger partial charge in [-0.1, -0.05) is 30.3 Å². The van der Waals surface area contributed by atoms with Gasteiger partial charge in [-0.15, -0.1) is 0 Å². The van der Waals surface area contributed by atoms with Gasteiger partial charge < -0.3 is 10.4 Å². The lowest BCUT2D eigenvalue weighted by Crippen LogP contribution is -2.25. The second-order valence-electron chi connectivity index (χ2n) is 3.86. The van der Waals surface area contributed by atoms with E-state index in [1.165, 1.54) is 0 Å². The Morgan fingerprint density at radius 3 is 2.41 bits per heavy atom. The molecule has 2 N–H and O–H groups in total. The van der Waals surface area contributed by atoms with E-state index in [0.717, 1.165) is 5.56 Å². The van der Waals surface area contributed by atoms with Crippen LogP contribution < -0.4 is 5.32 Å². The van der Waals surface area contributed by atoms with Gasteiger partial charge in [0, 0.05) is 18.9 Å². The van der Waals surface area contributed by atoms with E-state index < -0.39 is 5.97 Å². The van der Waals surface area contributed by atoms with Gasteiger partial charge in [0.2, 0.25) is 5.91 Å². The third-order valence-electron chi connectivity index (χ3n) is 2.50. The Hall–Kier alpha value is -1.84. The predicted octanol–water partition coefficient (Wildman–Crippen LogP) is 1.77. The van der Waals surface area contributed by atoms with Crippen LogP contribution in [0.15, 0.2) is 30.3 Å². The summed E-state index contributed by atoms with van der Waals surface area (Å²) in [5, 5.41) is 11.5. The van der Waals surface area contributed by atoms with Gasteiger partial charge in [-0.05, 0) is 12.5 Å². The van der Waals surface area contributed by atoms with Crippen LogP contribution in [0.5, 0.6) is 0 Å². The molecule has 0 aliphatic rings. The first-order chi connectivity index (χ1) is 8.13. The Morgan fingerprint density at radius 1 is 1.24 bits per heavy atom. The predicted molar refractivity (Wildman–Crippen MR) is 64.7 cm³/mol. The highest BCUT2D eigenvalue weighted by atomic mass is 16.4. The molecule has 0 spiro atoms. The van der Waals surface area contributed by atoms with Crippen LogP contribution in [0.2, 0.25) is 0 Å². The monoisotopic (exact) mass is 235 g/mol. The van der Waals surface area contributed by atoms with Crippen molar-refractivity contribution in [2.45, 2.75) is 25.7 Å². The van der Waals surface area contributed by atoms with Crippen LogP contribution in [0.25, 0.3) is 0 Å². The molecular weight excluding hydrogens is 218 g/mol. The molecule has 1 atom stereocenters. The maximum Gasteiger partial charge on any atom is 0.303 e. The number of amides is 1. The average molecular weight is 235 g/mol. The van der Waals surface area contributed by atoms with Crippen LogP contribution in [0.1, 0.15) is 31.2 Å². The van der Waals surface area contributed by atoms with E-state index in [1.54, 1.807) is 0 Å². The largest absolute Gasteiger partial charge is 0.481 e. The lowest BCUT2D eigenvalue weighted by Gasteiger charge is -2.14. The van der Waals surface area contributed by atoms with Crippen LogP contribution in [0.4, 0.5) is 0 Å². The molecular formula is C13H17NO3. The number of carbonyl (C=O) groups is 2. The summed E-state index contributed by atoms with van der Waals surface area (Å²) in [6.07, 6.45) is 0.186.